The van der Waals surface area contributed by atoms with E-state index in [1.54, 1.807) is 0 Å². The van der Waals surface area contributed by atoms with Crippen molar-refractivity contribution in [3.63, 3.8) is 0 Å². The predicted octanol–water partition coefficient (Wildman–Crippen LogP) is 3.61. The third kappa shape index (κ3) is 3.83. The van der Waals surface area contributed by atoms with E-state index in [4.69, 9.17) is 0 Å². The number of Topliss-reactive ketones (excluding diaryl/α,β-unsaturated/α-hetero) is 1. The summed E-state index contributed by atoms with van der Waals surface area (Å²) in [6, 6.07) is 5.69. The number of sulfonamides is 1. The van der Waals surface area contributed by atoms with Crippen molar-refractivity contribution in [1.82, 2.24) is 4.31 Å². The Bertz CT molecular complexity index is 1020. The van der Waals surface area contributed by atoms with E-state index in [-0.39, 0.29) is 39.5 Å². The summed E-state index contributed by atoms with van der Waals surface area (Å²) in [5.74, 6) is -1.61. The fourth-order valence-electron chi connectivity index (χ4n) is 4.55. The molecule has 2 atom stereocenters. The minimum atomic E-state index is -3.68. The molecule has 1 N–H and O–H groups in total. The predicted molar refractivity (Wildman–Crippen MR) is 108 cm³/mol. The zero-order valence-corrected chi connectivity index (χ0v) is 17.5. The van der Waals surface area contributed by atoms with Crippen molar-refractivity contribution >= 4 is 21.7 Å². The van der Waals surface area contributed by atoms with Crippen LogP contribution in [0.25, 0.3) is 0 Å². The van der Waals surface area contributed by atoms with Crippen LogP contribution in [0.2, 0.25) is 0 Å². The summed E-state index contributed by atoms with van der Waals surface area (Å²) in [5.41, 5.74) is -0.0721. The Labute approximate surface area is 175 Å². The lowest BCUT2D eigenvalue weighted by atomic mass is 9.80. The van der Waals surface area contributed by atoms with Gasteiger partial charge in [0.2, 0.25) is 10.0 Å². The van der Waals surface area contributed by atoms with Crippen LogP contribution < -0.4 is 0 Å². The Hall–Kier alpha value is -2.39. The summed E-state index contributed by atoms with van der Waals surface area (Å²) in [4.78, 5) is 25.0. The van der Waals surface area contributed by atoms with Crippen LogP contribution in [0.5, 0.6) is 0 Å². The summed E-state index contributed by atoms with van der Waals surface area (Å²) in [5, 5.41) is 17.7. The molecule has 1 amide bonds. The smallest absolute Gasteiger partial charge is 0.295 e. The number of aliphatic hydroxyl groups excluding tert-OH is 1. The Morgan fingerprint density at radius 3 is 2.43 bits per heavy atom. The van der Waals surface area contributed by atoms with Crippen LogP contribution in [0.1, 0.15) is 55.3 Å². The Balaban J connectivity index is 1.54. The zero-order chi connectivity index (χ0) is 21.3. The van der Waals surface area contributed by atoms with Crippen molar-refractivity contribution in [2.45, 2.75) is 49.8 Å². The molecule has 1 aromatic carbocycles. The van der Waals surface area contributed by atoms with E-state index in [0.29, 0.717) is 19.5 Å². The highest BCUT2D eigenvalue weighted by molar-refractivity contribution is 7.89. The molecule has 1 saturated heterocycles. The van der Waals surface area contributed by atoms with Crippen LogP contribution in [0.3, 0.4) is 0 Å². The second kappa shape index (κ2) is 8.39. The quantitative estimate of drug-likeness (QED) is 0.731. The lowest BCUT2D eigenvalue weighted by molar-refractivity contribution is -0.120. The number of nitrogens with zero attached hydrogens (tertiary/aromatic N) is 3. The molecule has 1 saturated carbocycles. The second-order valence-electron chi connectivity index (χ2n) is 8.09. The molecule has 0 bridgehead atoms. The van der Waals surface area contributed by atoms with Gasteiger partial charge < -0.3 is 5.11 Å². The SMILES string of the molecule is O=C(N=NC1=C(O)C2CCCCC2C1=O)c1cccc(S(=O)(=O)N2CCCCC2)c1. The van der Waals surface area contributed by atoms with Gasteiger partial charge in [-0.25, -0.2) is 8.42 Å². The van der Waals surface area contributed by atoms with Gasteiger partial charge in [0.1, 0.15) is 5.76 Å². The number of benzene rings is 1. The number of hydrogen-bond donors (Lipinski definition) is 1. The number of carbonyl (C=O) groups is 2. The van der Waals surface area contributed by atoms with Gasteiger partial charge >= 0.3 is 0 Å². The molecular weight excluding hydrogens is 406 g/mol. The summed E-state index contributed by atoms with van der Waals surface area (Å²) in [6.45, 7) is 0.941. The van der Waals surface area contributed by atoms with Crippen molar-refractivity contribution in [3.05, 3.63) is 41.3 Å². The van der Waals surface area contributed by atoms with Gasteiger partial charge in [-0.1, -0.05) is 25.3 Å². The first kappa shape index (κ1) is 20.9. The van der Waals surface area contributed by atoms with Gasteiger partial charge in [-0.05, 0) is 43.9 Å². The van der Waals surface area contributed by atoms with Crippen molar-refractivity contribution in [2.75, 3.05) is 13.1 Å². The summed E-state index contributed by atoms with van der Waals surface area (Å²) in [7, 11) is -3.68. The van der Waals surface area contributed by atoms with E-state index in [1.165, 1.54) is 28.6 Å². The number of aliphatic hydroxyl groups is 1. The van der Waals surface area contributed by atoms with Crippen LogP contribution in [-0.2, 0) is 14.8 Å². The summed E-state index contributed by atoms with van der Waals surface area (Å²) in [6.07, 6.45) is 5.96. The van der Waals surface area contributed by atoms with Crippen LogP contribution >= 0.6 is 0 Å². The first-order valence-corrected chi connectivity index (χ1v) is 11.9. The normalized spacial score (nSPS) is 25.7. The van der Waals surface area contributed by atoms with Crippen LogP contribution in [0.15, 0.2) is 50.8 Å². The molecule has 2 unspecified atom stereocenters. The molecule has 9 heteroatoms. The lowest BCUT2D eigenvalue weighted by Gasteiger charge is -2.25. The maximum Gasteiger partial charge on any atom is 0.295 e. The monoisotopic (exact) mass is 431 g/mol. The van der Waals surface area contributed by atoms with E-state index in [0.717, 1.165) is 38.5 Å². The molecule has 0 aromatic heterocycles. The summed E-state index contributed by atoms with van der Waals surface area (Å²) >= 11 is 0. The van der Waals surface area contributed by atoms with Gasteiger partial charge in [0.15, 0.2) is 11.5 Å². The number of fused-ring (bicyclic) bond motifs is 1. The second-order valence-corrected chi connectivity index (χ2v) is 10.0. The van der Waals surface area contributed by atoms with E-state index < -0.39 is 15.9 Å². The van der Waals surface area contributed by atoms with Gasteiger partial charge in [0.25, 0.3) is 5.91 Å². The molecule has 160 valence electrons. The fourth-order valence-corrected chi connectivity index (χ4v) is 6.11. The highest BCUT2D eigenvalue weighted by atomic mass is 32.2. The van der Waals surface area contributed by atoms with Gasteiger partial charge in [-0.3, -0.25) is 9.59 Å². The third-order valence-corrected chi connectivity index (χ3v) is 8.10. The molecule has 2 aliphatic carbocycles. The fraction of sp³-hybridized carbons (Fsp3) is 0.524. The third-order valence-electron chi connectivity index (χ3n) is 6.20. The van der Waals surface area contributed by atoms with Gasteiger partial charge in [-0.2, -0.15) is 4.31 Å². The van der Waals surface area contributed by atoms with E-state index in [1.807, 2.05) is 0 Å². The average Bonchev–Trinajstić information content (AvgIpc) is 3.03. The Kier molecular flexibility index (Phi) is 5.84. The van der Waals surface area contributed by atoms with Crippen LogP contribution in [0.4, 0.5) is 0 Å². The molecular formula is C21H25N3O5S. The Morgan fingerprint density at radius 1 is 1.03 bits per heavy atom. The topological polar surface area (TPSA) is 116 Å². The first-order valence-electron chi connectivity index (χ1n) is 10.4. The summed E-state index contributed by atoms with van der Waals surface area (Å²) < 4.78 is 27.1. The van der Waals surface area contributed by atoms with Crippen molar-refractivity contribution in [2.24, 2.45) is 22.1 Å². The molecule has 1 heterocycles. The van der Waals surface area contributed by atoms with E-state index >= 15 is 0 Å². The van der Waals surface area contributed by atoms with Gasteiger partial charge in [0, 0.05) is 30.5 Å². The number of piperidine rings is 1. The van der Waals surface area contributed by atoms with Crippen molar-refractivity contribution < 1.29 is 23.1 Å². The number of azo groups is 1. The maximum atomic E-state index is 12.8. The van der Waals surface area contributed by atoms with Crippen LogP contribution in [-0.4, -0.2) is 42.6 Å². The van der Waals surface area contributed by atoms with Crippen LogP contribution in [0, 0.1) is 11.8 Å². The number of hydrogen-bond acceptors (Lipinski definition) is 6. The average molecular weight is 432 g/mol. The maximum absolute atomic E-state index is 12.8. The first-order chi connectivity index (χ1) is 14.4. The highest BCUT2D eigenvalue weighted by Crippen LogP contribution is 2.43. The van der Waals surface area contributed by atoms with E-state index in [2.05, 4.69) is 10.2 Å². The van der Waals surface area contributed by atoms with Gasteiger partial charge in [-0.15, -0.1) is 10.2 Å². The molecule has 30 heavy (non-hydrogen) atoms. The molecule has 4 rings (SSSR count). The molecule has 0 spiro atoms. The lowest BCUT2D eigenvalue weighted by Crippen LogP contribution is -2.35. The highest BCUT2D eigenvalue weighted by Gasteiger charge is 2.43. The van der Waals surface area contributed by atoms with Crippen molar-refractivity contribution in [1.29, 1.82) is 0 Å². The Morgan fingerprint density at radius 2 is 1.73 bits per heavy atom. The number of amides is 1. The number of ketones is 1. The largest absolute Gasteiger partial charge is 0.510 e. The molecule has 3 aliphatic rings. The van der Waals surface area contributed by atoms with E-state index in [9.17, 15) is 23.1 Å². The van der Waals surface area contributed by atoms with Gasteiger partial charge in [0.05, 0.1) is 4.90 Å². The number of rotatable bonds is 4. The van der Waals surface area contributed by atoms with Crippen molar-refractivity contribution in [3.8, 4) is 0 Å². The zero-order valence-electron chi connectivity index (χ0n) is 16.7. The minimum Gasteiger partial charge on any atom is -0.510 e. The molecule has 8 nitrogen and oxygen atoms in total. The number of carbonyl (C=O) groups excluding carboxylic acids is 2. The molecule has 2 fully saturated rings. The standard InChI is InChI=1S/C21H25N3O5S/c25-19-16-9-2-3-10-17(16)20(26)18(19)22-23-21(27)14-7-6-8-15(13-14)30(28,29)24-11-4-1-5-12-24/h6-8,13,16-17,25H,1-5,9-12H2. The number of allylic oxidation sites excluding steroid dienone is 2. The molecule has 1 aromatic rings. The molecule has 0 radical (unpaired) electrons. The molecule has 1 aliphatic heterocycles. The minimum absolute atomic E-state index is 0.0375.